The molecule has 0 aromatic heterocycles. The van der Waals surface area contributed by atoms with E-state index in [1.807, 2.05) is 0 Å². The molecule has 1 heteroatoms. The van der Waals surface area contributed by atoms with Gasteiger partial charge in [0.1, 0.15) is 0 Å². The van der Waals surface area contributed by atoms with Crippen LogP contribution in [0.25, 0.3) is 0 Å². The van der Waals surface area contributed by atoms with Crippen molar-refractivity contribution >= 4 is 0 Å². The summed E-state index contributed by atoms with van der Waals surface area (Å²) in [6.45, 7) is 5.85. The van der Waals surface area contributed by atoms with Crippen molar-refractivity contribution in [1.82, 2.24) is 5.32 Å². The lowest BCUT2D eigenvalue weighted by molar-refractivity contribution is 0.364. The average Bonchev–Trinajstić information content (AvgIpc) is 3.12. The third-order valence-corrected chi connectivity index (χ3v) is 4.62. The summed E-state index contributed by atoms with van der Waals surface area (Å²) in [6.07, 6.45) is 6.84. The first-order valence-electron chi connectivity index (χ1n) is 7.45. The molecule has 1 atom stereocenters. The zero-order valence-electron chi connectivity index (χ0n) is 11.7. The van der Waals surface area contributed by atoms with E-state index in [1.54, 1.807) is 5.56 Å². The summed E-state index contributed by atoms with van der Waals surface area (Å²) < 4.78 is 0. The highest BCUT2D eigenvalue weighted by atomic mass is 14.9. The summed E-state index contributed by atoms with van der Waals surface area (Å²) in [6, 6.07) is 9.73. The Bertz CT molecular complexity index is 417. The molecule has 3 rings (SSSR count). The molecule has 1 aromatic carbocycles. The fourth-order valence-electron chi connectivity index (χ4n) is 3.35. The average molecular weight is 243 g/mol. The normalized spacial score (nSPS) is 26.4. The van der Waals surface area contributed by atoms with Gasteiger partial charge in [0.25, 0.3) is 0 Å². The maximum Gasteiger partial charge on any atom is 0.0210 e. The Morgan fingerprint density at radius 3 is 2.61 bits per heavy atom. The topological polar surface area (TPSA) is 12.0 Å². The molecule has 0 bridgehead atoms. The Morgan fingerprint density at radius 2 is 1.94 bits per heavy atom. The van der Waals surface area contributed by atoms with Crippen LogP contribution < -0.4 is 5.32 Å². The lowest BCUT2D eigenvalue weighted by Gasteiger charge is -2.18. The van der Waals surface area contributed by atoms with Gasteiger partial charge in [0.15, 0.2) is 0 Å². The molecule has 0 spiro atoms. The minimum absolute atomic E-state index is 0.549. The van der Waals surface area contributed by atoms with Crippen molar-refractivity contribution in [1.29, 1.82) is 0 Å². The summed E-state index contributed by atoms with van der Waals surface area (Å²) in [5, 5.41) is 3.78. The second kappa shape index (κ2) is 4.70. The largest absolute Gasteiger partial charge is 0.310 e. The van der Waals surface area contributed by atoms with Crippen LogP contribution in [0, 0.1) is 5.41 Å². The fraction of sp³-hybridized carbons (Fsp3) is 0.647. The highest BCUT2D eigenvalue weighted by molar-refractivity contribution is 5.33. The fourth-order valence-corrected chi connectivity index (χ4v) is 3.35. The van der Waals surface area contributed by atoms with Crippen LogP contribution in [0.4, 0.5) is 0 Å². The van der Waals surface area contributed by atoms with E-state index in [1.165, 1.54) is 37.7 Å². The van der Waals surface area contributed by atoms with Crippen LogP contribution in [-0.2, 0) is 6.54 Å². The van der Waals surface area contributed by atoms with Crippen LogP contribution in [0.1, 0.15) is 63.0 Å². The maximum absolute atomic E-state index is 3.78. The quantitative estimate of drug-likeness (QED) is 0.834. The lowest BCUT2D eigenvalue weighted by Crippen LogP contribution is -2.27. The Balaban J connectivity index is 1.60. The molecule has 2 aliphatic carbocycles. The van der Waals surface area contributed by atoms with Crippen LogP contribution >= 0.6 is 0 Å². The number of nitrogens with one attached hydrogen (secondary N) is 1. The second-order valence-corrected chi connectivity index (χ2v) is 6.96. The summed E-state index contributed by atoms with van der Waals surface area (Å²) in [5.41, 5.74) is 3.68. The molecule has 18 heavy (non-hydrogen) atoms. The van der Waals surface area contributed by atoms with Crippen LogP contribution in [0.3, 0.4) is 0 Å². The molecule has 0 amide bonds. The number of hydrogen-bond acceptors (Lipinski definition) is 1. The molecular formula is C17H25N. The van der Waals surface area contributed by atoms with Gasteiger partial charge < -0.3 is 5.32 Å². The molecule has 0 aliphatic heterocycles. The first-order chi connectivity index (χ1) is 8.64. The Morgan fingerprint density at radius 1 is 1.17 bits per heavy atom. The molecule has 1 N–H and O–H groups in total. The Kier molecular flexibility index (Phi) is 3.19. The van der Waals surface area contributed by atoms with E-state index in [2.05, 4.69) is 43.4 Å². The van der Waals surface area contributed by atoms with Crippen molar-refractivity contribution in [3.8, 4) is 0 Å². The molecule has 2 fully saturated rings. The highest BCUT2D eigenvalue weighted by Crippen LogP contribution is 2.42. The first kappa shape index (κ1) is 12.2. The van der Waals surface area contributed by atoms with E-state index in [9.17, 15) is 0 Å². The van der Waals surface area contributed by atoms with E-state index >= 15 is 0 Å². The van der Waals surface area contributed by atoms with Gasteiger partial charge in [-0.25, -0.2) is 0 Å². The van der Waals surface area contributed by atoms with E-state index in [-0.39, 0.29) is 0 Å². The van der Waals surface area contributed by atoms with E-state index in [0.29, 0.717) is 5.41 Å². The third-order valence-electron chi connectivity index (χ3n) is 4.62. The summed E-state index contributed by atoms with van der Waals surface area (Å²) in [4.78, 5) is 0. The second-order valence-electron chi connectivity index (χ2n) is 6.96. The van der Waals surface area contributed by atoms with Gasteiger partial charge >= 0.3 is 0 Å². The van der Waals surface area contributed by atoms with Gasteiger partial charge in [-0.2, -0.15) is 0 Å². The molecule has 0 radical (unpaired) electrons. The van der Waals surface area contributed by atoms with Crippen molar-refractivity contribution < 1.29 is 0 Å². The van der Waals surface area contributed by atoms with Crippen LogP contribution in [0.2, 0.25) is 0 Å². The Labute approximate surface area is 111 Å². The standard InChI is InChI=1S/C17H25N/c1-17(2)10-9-15(11-17)18-12-14-5-3-4-6-16(14)13-7-8-13/h3-6,13,15,18H,7-12H2,1-2H3. The maximum atomic E-state index is 3.78. The van der Waals surface area contributed by atoms with Crippen LogP contribution in [-0.4, -0.2) is 6.04 Å². The van der Waals surface area contributed by atoms with Crippen molar-refractivity contribution in [3.63, 3.8) is 0 Å². The predicted molar refractivity (Wildman–Crippen MR) is 76.7 cm³/mol. The number of hydrogen-bond donors (Lipinski definition) is 1. The van der Waals surface area contributed by atoms with Gasteiger partial charge in [0.05, 0.1) is 0 Å². The summed E-state index contributed by atoms with van der Waals surface area (Å²) in [5.74, 6) is 0.864. The first-order valence-corrected chi connectivity index (χ1v) is 7.45. The van der Waals surface area contributed by atoms with Gasteiger partial charge in [0.2, 0.25) is 0 Å². The molecule has 2 aliphatic rings. The molecule has 98 valence electrons. The van der Waals surface area contributed by atoms with Crippen LogP contribution in [0.15, 0.2) is 24.3 Å². The molecule has 0 heterocycles. The van der Waals surface area contributed by atoms with E-state index in [4.69, 9.17) is 0 Å². The van der Waals surface area contributed by atoms with Crippen LogP contribution in [0.5, 0.6) is 0 Å². The SMILES string of the molecule is CC1(C)CCC(NCc2ccccc2C2CC2)C1. The predicted octanol–water partition coefficient (Wildman–Crippen LogP) is 4.23. The molecule has 2 saturated carbocycles. The molecule has 1 aromatic rings. The van der Waals surface area contributed by atoms with Gasteiger partial charge in [-0.05, 0) is 54.6 Å². The lowest BCUT2D eigenvalue weighted by atomic mass is 9.92. The van der Waals surface area contributed by atoms with Gasteiger partial charge in [-0.15, -0.1) is 0 Å². The smallest absolute Gasteiger partial charge is 0.0210 e. The van der Waals surface area contributed by atoms with E-state index < -0.39 is 0 Å². The number of rotatable bonds is 4. The third kappa shape index (κ3) is 2.77. The zero-order chi connectivity index (χ0) is 12.6. The molecule has 0 saturated heterocycles. The Hall–Kier alpha value is -0.820. The van der Waals surface area contributed by atoms with Gasteiger partial charge in [-0.1, -0.05) is 38.1 Å². The monoisotopic (exact) mass is 243 g/mol. The highest BCUT2D eigenvalue weighted by Gasteiger charge is 2.31. The van der Waals surface area contributed by atoms with Crippen molar-refractivity contribution in [2.24, 2.45) is 5.41 Å². The van der Waals surface area contributed by atoms with E-state index in [0.717, 1.165) is 18.5 Å². The summed E-state index contributed by atoms with van der Waals surface area (Å²) >= 11 is 0. The minimum atomic E-state index is 0.549. The number of benzene rings is 1. The van der Waals surface area contributed by atoms with Crippen molar-refractivity contribution in [2.75, 3.05) is 0 Å². The van der Waals surface area contributed by atoms with Gasteiger partial charge in [0, 0.05) is 12.6 Å². The van der Waals surface area contributed by atoms with Crippen molar-refractivity contribution in [2.45, 2.75) is 64.5 Å². The minimum Gasteiger partial charge on any atom is -0.310 e. The molecule has 1 unspecified atom stereocenters. The molecular weight excluding hydrogens is 218 g/mol. The zero-order valence-corrected chi connectivity index (χ0v) is 11.7. The van der Waals surface area contributed by atoms with Crippen molar-refractivity contribution in [3.05, 3.63) is 35.4 Å². The summed E-state index contributed by atoms with van der Waals surface area (Å²) in [7, 11) is 0. The van der Waals surface area contributed by atoms with Gasteiger partial charge in [-0.3, -0.25) is 0 Å². The molecule has 1 nitrogen and oxygen atoms in total.